The van der Waals surface area contributed by atoms with Crippen molar-refractivity contribution < 1.29 is 13.2 Å². The highest BCUT2D eigenvalue weighted by atomic mass is 32.2. The van der Waals surface area contributed by atoms with Crippen molar-refractivity contribution in [2.45, 2.75) is 0 Å². The second-order valence-corrected chi connectivity index (χ2v) is 4.09. The van der Waals surface area contributed by atoms with E-state index in [0.717, 1.165) is 0 Å². The zero-order chi connectivity index (χ0) is 13.0. The molecule has 0 saturated heterocycles. The second-order valence-electron chi connectivity index (χ2n) is 3.47. The first-order valence-electron chi connectivity index (χ1n) is 5.08. The number of ether oxygens (including phenoxy) is 1. The van der Waals surface area contributed by atoms with Gasteiger partial charge in [-0.15, -0.1) is 4.36 Å². The van der Waals surface area contributed by atoms with Crippen LogP contribution in [0.15, 0.2) is 52.9 Å². The van der Waals surface area contributed by atoms with Crippen molar-refractivity contribution >= 4 is 21.9 Å². The Balaban J connectivity index is 2.15. The number of benzene rings is 2. The molecule has 5 nitrogen and oxygen atoms in total. The van der Waals surface area contributed by atoms with Crippen LogP contribution in [0.5, 0.6) is 11.5 Å². The summed E-state index contributed by atoms with van der Waals surface area (Å²) in [5.74, 6) is 1.25. The molecule has 2 N–H and O–H groups in total. The van der Waals surface area contributed by atoms with Gasteiger partial charge in [0.05, 0.1) is 5.69 Å². The van der Waals surface area contributed by atoms with Crippen molar-refractivity contribution in [3.8, 4) is 11.5 Å². The van der Waals surface area contributed by atoms with Crippen LogP contribution in [0.4, 0.5) is 11.4 Å². The molecule has 0 aliphatic carbocycles. The Bertz CT molecular complexity index is 653. The fraction of sp³-hybridized carbons (Fsp3) is 0. The molecule has 2 aromatic rings. The maximum Gasteiger partial charge on any atom is 0.316 e. The molecule has 0 radical (unpaired) electrons. The van der Waals surface area contributed by atoms with Gasteiger partial charge in [-0.05, 0) is 48.5 Å². The van der Waals surface area contributed by atoms with E-state index in [-0.39, 0.29) is 0 Å². The van der Waals surface area contributed by atoms with Crippen LogP contribution in [-0.4, -0.2) is 8.42 Å². The van der Waals surface area contributed by atoms with Gasteiger partial charge in [0.2, 0.25) is 0 Å². The Kier molecular flexibility index (Phi) is 3.59. The fourth-order valence-corrected chi connectivity index (χ4v) is 1.63. The predicted octanol–water partition coefficient (Wildman–Crippen LogP) is 2.76. The third kappa shape index (κ3) is 3.33. The molecule has 0 saturated carbocycles. The zero-order valence-electron chi connectivity index (χ0n) is 9.28. The van der Waals surface area contributed by atoms with Crippen LogP contribution in [-0.2, 0) is 10.5 Å². The van der Waals surface area contributed by atoms with Gasteiger partial charge in [-0.25, -0.2) is 0 Å². The number of hydrogen-bond acceptors (Lipinski definition) is 5. The monoisotopic (exact) mass is 262 g/mol. The van der Waals surface area contributed by atoms with Crippen LogP contribution < -0.4 is 10.5 Å². The van der Waals surface area contributed by atoms with Gasteiger partial charge in [-0.3, -0.25) is 0 Å². The molecule has 0 spiro atoms. The van der Waals surface area contributed by atoms with Crippen LogP contribution in [0.1, 0.15) is 0 Å². The van der Waals surface area contributed by atoms with Gasteiger partial charge in [-0.1, -0.05) is 0 Å². The average molecular weight is 262 g/mol. The topological polar surface area (TPSA) is 81.8 Å². The number of rotatable bonds is 3. The Labute approximate surface area is 106 Å². The summed E-state index contributed by atoms with van der Waals surface area (Å²) in [5.41, 5.74) is 6.58. The van der Waals surface area contributed by atoms with Crippen molar-refractivity contribution in [2.24, 2.45) is 4.36 Å². The maximum atomic E-state index is 10.4. The van der Waals surface area contributed by atoms with Crippen LogP contribution in [0, 0.1) is 0 Å². The molecule has 92 valence electrons. The minimum absolute atomic E-state index is 0.355. The van der Waals surface area contributed by atoms with E-state index in [9.17, 15) is 8.42 Å². The van der Waals surface area contributed by atoms with Gasteiger partial charge >= 0.3 is 10.5 Å². The fourth-order valence-electron chi connectivity index (χ4n) is 1.33. The lowest BCUT2D eigenvalue weighted by molar-refractivity contribution is 0.483. The number of anilines is 1. The Morgan fingerprint density at radius 1 is 0.889 bits per heavy atom. The second kappa shape index (κ2) is 5.33. The van der Waals surface area contributed by atoms with E-state index in [1.165, 1.54) is 0 Å². The summed E-state index contributed by atoms with van der Waals surface area (Å²) >= 11 is 0. The summed E-state index contributed by atoms with van der Waals surface area (Å²) in [6.07, 6.45) is 0. The van der Waals surface area contributed by atoms with Crippen molar-refractivity contribution in [3.05, 3.63) is 48.5 Å². The Morgan fingerprint density at radius 2 is 1.39 bits per heavy atom. The quantitative estimate of drug-likeness (QED) is 0.862. The molecule has 0 atom stereocenters. The first kappa shape index (κ1) is 12.1. The highest BCUT2D eigenvalue weighted by Crippen LogP contribution is 2.24. The third-order valence-electron chi connectivity index (χ3n) is 2.13. The number of nitrogen functional groups attached to an aromatic ring is 1. The number of nitrogens with zero attached hydrogens (tertiary/aromatic N) is 1. The number of nitrogens with two attached hydrogens (primary N) is 1. The molecule has 0 unspecified atom stereocenters. The molecular formula is C12H10N2O3S. The highest BCUT2D eigenvalue weighted by Gasteiger charge is 1.97. The summed E-state index contributed by atoms with van der Waals surface area (Å²) in [7, 11) is -2.44. The molecule has 0 fully saturated rings. The van der Waals surface area contributed by atoms with Crippen LogP contribution in [0.25, 0.3) is 0 Å². The molecule has 0 aliphatic rings. The summed E-state index contributed by atoms with van der Waals surface area (Å²) in [6.45, 7) is 0. The van der Waals surface area contributed by atoms with Gasteiger partial charge < -0.3 is 10.5 Å². The predicted molar refractivity (Wildman–Crippen MR) is 68.4 cm³/mol. The van der Waals surface area contributed by atoms with E-state index < -0.39 is 10.5 Å². The molecular weight excluding hydrogens is 252 g/mol. The lowest BCUT2D eigenvalue weighted by Gasteiger charge is -2.05. The van der Waals surface area contributed by atoms with Crippen molar-refractivity contribution in [1.29, 1.82) is 0 Å². The van der Waals surface area contributed by atoms with E-state index in [2.05, 4.69) is 4.36 Å². The standard InChI is InChI=1S/C12H10N2O3S/c13-9-1-5-11(6-2-9)17-12-7-3-10(4-8-12)14-18(15)16/h1-8H,13H2. The maximum absolute atomic E-state index is 10.4. The normalized spacial score (nSPS) is 9.78. The van der Waals surface area contributed by atoms with Gasteiger partial charge in [-0.2, -0.15) is 8.42 Å². The molecule has 2 aromatic carbocycles. The highest BCUT2D eigenvalue weighted by molar-refractivity contribution is 7.61. The molecule has 0 aliphatic heterocycles. The summed E-state index contributed by atoms with van der Waals surface area (Å²) in [6, 6.07) is 13.4. The van der Waals surface area contributed by atoms with Gasteiger partial charge in [0.15, 0.2) is 0 Å². The lowest BCUT2D eigenvalue weighted by atomic mass is 10.3. The lowest BCUT2D eigenvalue weighted by Crippen LogP contribution is -1.86. The van der Waals surface area contributed by atoms with Crippen LogP contribution in [0.3, 0.4) is 0 Å². The first-order valence-corrected chi connectivity index (χ1v) is 6.11. The Morgan fingerprint density at radius 3 is 1.89 bits per heavy atom. The third-order valence-corrected chi connectivity index (χ3v) is 2.49. The van der Waals surface area contributed by atoms with Crippen molar-refractivity contribution in [2.75, 3.05) is 5.73 Å². The molecule has 2 rings (SSSR count). The summed E-state index contributed by atoms with van der Waals surface area (Å²) in [4.78, 5) is 0. The molecule has 0 amide bonds. The Hall–Kier alpha value is -2.34. The minimum Gasteiger partial charge on any atom is -0.457 e. The summed E-state index contributed by atoms with van der Waals surface area (Å²) < 4.78 is 29.6. The van der Waals surface area contributed by atoms with Gasteiger partial charge in [0.25, 0.3) is 0 Å². The number of hydrogen-bond donors (Lipinski definition) is 1. The molecule has 0 bridgehead atoms. The van der Waals surface area contributed by atoms with Crippen molar-refractivity contribution in [1.82, 2.24) is 0 Å². The van der Waals surface area contributed by atoms with Crippen LogP contribution >= 0.6 is 0 Å². The largest absolute Gasteiger partial charge is 0.457 e. The summed E-state index contributed by atoms with van der Waals surface area (Å²) in [5, 5.41) is 0. The van der Waals surface area contributed by atoms with E-state index in [0.29, 0.717) is 22.9 Å². The smallest absolute Gasteiger partial charge is 0.316 e. The van der Waals surface area contributed by atoms with Crippen LogP contribution in [0.2, 0.25) is 0 Å². The molecule has 6 heteroatoms. The first-order chi connectivity index (χ1) is 8.63. The van der Waals surface area contributed by atoms with Gasteiger partial charge in [0.1, 0.15) is 11.5 Å². The SMILES string of the molecule is Nc1ccc(Oc2ccc(N=S(=O)=O)cc2)cc1. The molecule has 0 aromatic heterocycles. The van der Waals surface area contributed by atoms with Gasteiger partial charge in [0, 0.05) is 5.69 Å². The van der Waals surface area contributed by atoms with Crippen molar-refractivity contribution in [3.63, 3.8) is 0 Å². The molecule has 18 heavy (non-hydrogen) atoms. The minimum atomic E-state index is -2.44. The van der Waals surface area contributed by atoms with E-state index >= 15 is 0 Å². The van der Waals surface area contributed by atoms with E-state index in [4.69, 9.17) is 10.5 Å². The van der Waals surface area contributed by atoms with E-state index in [1.807, 2.05) is 0 Å². The van der Waals surface area contributed by atoms with E-state index in [1.54, 1.807) is 48.5 Å². The molecule has 0 heterocycles. The average Bonchev–Trinajstić information content (AvgIpc) is 2.34. The zero-order valence-corrected chi connectivity index (χ0v) is 10.1.